The molecule has 3 amide bonds. The van der Waals surface area contributed by atoms with Gasteiger partial charge in [-0.3, -0.25) is 14.4 Å². The number of aryl methyl sites for hydroxylation is 1. The maximum absolute atomic E-state index is 12.6. The molecule has 0 radical (unpaired) electrons. The van der Waals surface area contributed by atoms with Crippen LogP contribution in [-0.4, -0.2) is 45.4 Å². The van der Waals surface area contributed by atoms with E-state index in [9.17, 15) is 14.4 Å². The molecule has 2 bridgehead atoms. The molecule has 8 nitrogen and oxygen atoms in total. The largest absolute Gasteiger partial charge is 0.352 e. The van der Waals surface area contributed by atoms with Gasteiger partial charge in [-0.1, -0.05) is 33.1 Å². The Balaban J connectivity index is 0.00000218. The first kappa shape index (κ1) is 25.7. The first-order valence-electron chi connectivity index (χ1n) is 11.3. The van der Waals surface area contributed by atoms with Crippen LogP contribution in [0.15, 0.2) is 12.5 Å². The minimum atomic E-state index is -0.742. The maximum Gasteiger partial charge on any atom is 0.243 e. The third-order valence-corrected chi connectivity index (χ3v) is 4.75. The van der Waals surface area contributed by atoms with Gasteiger partial charge in [0, 0.05) is 31.6 Å². The topological polar surface area (TPSA) is 105 Å². The Morgan fingerprint density at radius 1 is 1.13 bits per heavy atom. The lowest BCUT2D eigenvalue weighted by Crippen LogP contribution is -2.54. The lowest BCUT2D eigenvalue weighted by atomic mass is 10.1. The van der Waals surface area contributed by atoms with Crippen LogP contribution in [0.25, 0.3) is 0 Å². The second-order valence-electron chi connectivity index (χ2n) is 7.84. The molecule has 1 unspecified atom stereocenters. The molecule has 0 fully saturated rings. The number of aromatic nitrogens is 2. The fraction of sp³-hybridized carbons (Fsp3) is 0.727. The summed E-state index contributed by atoms with van der Waals surface area (Å²) in [7, 11) is 0. The number of carbonyl (C=O) groups is 3. The van der Waals surface area contributed by atoms with Crippen LogP contribution in [0.5, 0.6) is 0 Å². The van der Waals surface area contributed by atoms with Crippen molar-refractivity contribution in [2.45, 2.75) is 104 Å². The zero-order valence-electron chi connectivity index (χ0n) is 19.2. The van der Waals surface area contributed by atoms with Crippen LogP contribution >= 0.6 is 0 Å². The van der Waals surface area contributed by atoms with Crippen molar-refractivity contribution < 1.29 is 14.4 Å². The highest BCUT2D eigenvalue weighted by molar-refractivity contribution is 5.92. The second kappa shape index (κ2) is 13.8. The summed E-state index contributed by atoms with van der Waals surface area (Å²) in [5.41, 5.74) is 0.755. The third-order valence-electron chi connectivity index (χ3n) is 4.75. The number of carbonyl (C=O) groups excluding carboxylic acids is 3. The van der Waals surface area contributed by atoms with Gasteiger partial charge in [0.25, 0.3) is 0 Å². The van der Waals surface area contributed by atoms with E-state index in [-0.39, 0.29) is 23.8 Å². The van der Waals surface area contributed by atoms with E-state index in [0.717, 1.165) is 44.3 Å². The molecule has 170 valence electrons. The van der Waals surface area contributed by atoms with Crippen molar-refractivity contribution in [1.82, 2.24) is 25.5 Å². The molecule has 1 aromatic rings. The van der Waals surface area contributed by atoms with Crippen LogP contribution in [0.1, 0.15) is 78.8 Å². The minimum Gasteiger partial charge on any atom is -0.352 e. The molecule has 0 aromatic carbocycles. The van der Waals surface area contributed by atoms with E-state index in [1.165, 1.54) is 0 Å². The van der Waals surface area contributed by atoms with Crippen molar-refractivity contribution in [3.05, 3.63) is 18.2 Å². The lowest BCUT2D eigenvalue weighted by molar-refractivity contribution is -0.132. The molecule has 1 aliphatic heterocycles. The van der Waals surface area contributed by atoms with E-state index >= 15 is 0 Å². The number of fused-ring (bicyclic) bond motifs is 2. The average Bonchev–Trinajstić information content (AvgIpc) is 3.14. The first-order chi connectivity index (χ1) is 14.3. The molecule has 0 aliphatic carbocycles. The number of hydrogen-bond acceptors (Lipinski definition) is 4. The minimum absolute atomic E-state index is 0.0387. The first-order valence-corrected chi connectivity index (χ1v) is 11.3. The second-order valence-corrected chi connectivity index (χ2v) is 7.84. The molecule has 3 N–H and O–H groups in total. The van der Waals surface area contributed by atoms with Crippen molar-refractivity contribution in [3.8, 4) is 0 Å². The normalized spacial score (nSPS) is 21.5. The highest BCUT2D eigenvalue weighted by Crippen LogP contribution is 2.09. The van der Waals surface area contributed by atoms with Gasteiger partial charge in [-0.05, 0) is 33.6 Å². The van der Waals surface area contributed by atoms with Crippen LogP contribution < -0.4 is 16.0 Å². The van der Waals surface area contributed by atoms with Gasteiger partial charge in [0.05, 0.1) is 12.0 Å². The summed E-state index contributed by atoms with van der Waals surface area (Å²) in [6.07, 6.45) is 9.48. The number of amides is 3. The molecule has 2 rings (SSSR count). The van der Waals surface area contributed by atoms with Crippen LogP contribution in [0.3, 0.4) is 0 Å². The quantitative estimate of drug-likeness (QED) is 0.681. The Morgan fingerprint density at radius 2 is 1.80 bits per heavy atom. The molecule has 2 atom stereocenters. The Labute approximate surface area is 180 Å². The third kappa shape index (κ3) is 9.41. The summed E-state index contributed by atoms with van der Waals surface area (Å²) < 4.78 is 2.03. The van der Waals surface area contributed by atoms with E-state index in [0.29, 0.717) is 12.8 Å². The Bertz CT molecular complexity index is 671. The fourth-order valence-electron chi connectivity index (χ4n) is 3.22. The molecule has 0 saturated heterocycles. The van der Waals surface area contributed by atoms with Crippen molar-refractivity contribution in [1.29, 1.82) is 0 Å². The van der Waals surface area contributed by atoms with Gasteiger partial charge in [-0.25, -0.2) is 4.98 Å². The van der Waals surface area contributed by atoms with Gasteiger partial charge in [0.15, 0.2) is 0 Å². The van der Waals surface area contributed by atoms with Crippen LogP contribution in [-0.2, 0) is 27.3 Å². The molecular formula is C22H39N5O3. The maximum atomic E-state index is 12.6. The van der Waals surface area contributed by atoms with E-state index in [2.05, 4.69) is 20.9 Å². The van der Waals surface area contributed by atoms with Crippen molar-refractivity contribution in [3.63, 3.8) is 0 Å². The average molecular weight is 422 g/mol. The van der Waals surface area contributed by atoms with Gasteiger partial charge >= 0.3 is 0 Å². The van der Waals surface area contributed by atoms with Crippen molar-refractivity contribution in [2.24, 2.45) is 0 Å². The zero-order chi connectivity index (χ0) is 22.5. The zero-order valence-corrected chi connectivity index (χ0v) is 19.2. The van der Waals surface area contributed by atoms with Gasteiger partial charge in [0.1, 0.15) is 12.1 Å². The summed E-state index contributed by atoms with van der Waals surface area (Å²) in [6, 6.07) is -1.48. The van der Waals surface area contributed by atoms with Gasteiger partial charge in [0.2, 0.25) is 17.7 Å². The van der Waals surface area contributed by atoms with Crippen molar-refractivity contribution in [2.75, 3.05) is 0 Å². The summed E-state index contributed by atoms with van der Waals surface area (Å²) >= 11 is 0. The number of nitrogens with one attached hydrogen (secondary N) is 3. The van der Waals surface area contributed by atoms with E-state index in [4.69, 9.17) is 0 Å². The number of nitrogens with zero attached hydrogens (tertiary/aromatic N) is 2. The van der Waals surface area contributed by atoms with Gasteiger partial charge in [-0.2, -0.15) is 0 Å². The summed E-state index contributed by atoms with van der Waals surface area (Å²) in [4.78, 5) is 41.6. The van der Waals surface area contributed by atoms with E-state index in [1.807, 2.05) is 38.5 Å². The summed E-state index contributed by atoms with van der Waals surface area (Å²) in [6.45, 7) is 10.2. The Hall–Kier alpha value is -2.38. The summed E-state index contributed by atoms with van der Waals surface area (Å²) in [5.74, 6) is -0.761. The van der Waals surface area contributed by atoms with Gasteiger partial charge < -0.3 is 20.5 Å². The number of rotatable bonds is 2. The number of hydrogen-bond donors (Lipinski definition) is 3. The predicted octanol–water partition coefficient (Wildman–Crippen LogP) is 2.32. The molecule has 1 aromatic heterocycles. The Morgan fingerprint density at radius 3 is 2.50 bits per heavy atom. The molecule has 1 aliphatic rings. The number of imidazole rings is 1. The molecule has 8 heteroatoms. The van der Waals surface area contributed by atoms with Crippen LogP contribution in [0, 0.1) is 0 Å². The highest BCUT2D eigenvalue weighted by Gasteiger charge is 2.25. The fourth-order valence-corrected chi connectivity index (χ4v) is 3.22. The Kier molecular flexibility index (Phi) is 11.8. The van der Waals surface area contributed by atoms with Crippen LogP contribution in [0.4, 0.5) is 0 Å². The van der Waals surface area contributed by atoms with Crippen LogP contribution in [0.2, 0.25) is 0 Å². The molecule has 0 spiro atoms. The smallest absolute Gasteiger partial charge is 0.243 e. The standard InChI is InChI=1S/C20H33N5O3.C2H6/c1-14(2)22-20(28)17-11-16-12-25(13-21-16)10-8-6-4-5-7-9-18(26)23-15(3)19(27)24-17;1-2/h12-15,17H,4-11H2,1-3H3,(H,22,28)(H,23,26)(H,24,27);1-2H3/t15-,17?;/m0./s1. The molecular weight excluding hydrogens is 382 g/mol. The lowest BCUT2D eigenvalue weighted by Gasteiger charge is -2.22. The molecule has 0 saturated carbocycles. The highest BCUT2D eigenvalue weighted by atomic mass is 16.2. The van der Waals surface area contributed by atoms with Gasteiger partial charge in [-0.15, -0.1) is 0 Å². The monoisotopic (exact) mass is 421 g/mol. The van der Waals surface area contributed by atoms with E-state index < -0.39 is 12.1 Å². The molecule has 30 heavy (non-hydrogen) atoms. The van der Waals surface area contributed by atoms with E-state index in [1.54, 1.807) is 13.3 Å². The molecule has 2 heterocycles. The van der Waals surface area contributed by atoms with Crippen molar-refractivity contribution >= 4 is 17.7 Å². The summed E-state index contributed by atoms with van der Waals surface area (Å²) in [5, 5.41) is 8.34. The SMILES string of the molecule is CC.CC(C)NC(=O)C1Cc2cn(cn2)CCCCCCCC(=O)N[C@@H](C)C(=O)N1. The predicted molar refractivity (Wildman–Crippen MR) is 118 cm³/mol.